The third kappa shape index (κ3) is 6.09. The van der Waals surface area contributed by atoms with Crippen molar-refractivity contribution < 1.29 is 0 Å². The number of aryl methyl sites for hydroxylation is 2. The van der Waals surface area contributed by atoms with Crippen LogP contribution >= 0.6 is 0 Å². The van der Waals surface area contributed by atoms with Gasteiger partial charge in [-0.3, -0.25) is 4.98 Å². The molecule has 0 bridgehead atoms. The maximum Gasteiger partial charge on any atom is 0.0299 e. The predicted molar refractivity (Wildman–Crippen MR) is 89.4 cm³/mol. The Labute approximate surface area is 128 Å². The Hall–Kier alpha value is -1.67. The molecule has 1 aromatic heterocycles. The lowest BCUT2D eigenvalue weighted by atomic mass is 9.99. The second-order valence-electron chi connectivity index (χ2n) is 5.53. The molecule has 0 aliphatic heterocycles. The normalized spacial score (nSPS) is 12.2. The highest BCUT2D eigenvalue weighted by molar-refractivity contribution is 5.14. The van der Waals surface area contributed by atoms with Crippen molar-refractivity contribution in [3.05, 3.63) is 66.0 Å². The zero-order valence-electron chi connectivity index (χ0n) is 13.0. The van der Waals surface area contributed by atoms with Gasteiger partial charge in [0.05, 0.1) is 0 Å². The third-order valence-corrected chi connectivity index (χ3v) is 3.86. The summed E-state index contributed by atoms with van der Waals surface area (Å²) in [5.74, 6) is 0. The maximum absolute atomic E-state index is 4.19. The first-order chi connectivity index (χ1) is 10.4. The van der Waals surface area contributed by atoms with Gasteiger partial charge in [0.1, 0.15) is 0 Å². The highest BCUT2D eigenvalue weighted by atomic mass is 14.9. The van der Waals surface area contributed by atoms with Gasteiger partial charge in [-0.2, -0.15) is 0 Å². The molecule has 1 heterocycles. The first-order valence-corrected chi connectivity index (χ1v) is 8.04. The van der Waals surface area contributed by atoms with Crippen molar-refractivity contribution in [2.45, 2.75) is 45.1 Å². The lowest BCUT2D eigenvalue weighted by molar-refractivity contribution is 0.451. The van der Waals surface area contributed by atoms with E-state index in [1.165, 1.54) is 36.8 Å². The van der Waals surface area contributed by atoms with Crippen LogP contribution in [-0.2, 0) is 12.8 Å². The molecule has 0 aliphatic carbocycles. The Morgan fingerprint density at radius 3 is 2.48 bits per heavy atom. The van der Waals surface area contributed by atoms with Gasteiger partial charge in [-0.15, -0.1) is 0 Å². The molecule has 0 amide bonds. The Morgan fingerprint density at radius 2 is 1.76 bits per heavy atom. The van der Waals surface area contributed by atoms with Gasteiger partial charge in [0.2, 0.25) is 0 Å². The minimum absolute atomic E-state index is 0.610. The summed E-state index contributed by atoms with van der Waals surface area (Å²) in [6.07, 6.45) is 9.77. The zero-order valence-corrected chi connectivity index (χ0v) is 13.0. The Morgan fingerprint density at radius 1 is 0.952 bits per heavy atom. The first-order valence-electron chi connectivity index (χ1n) is 8.04. The summed E-state index contributed by atoms with van der Waals surface area (Å²) in [4.78, 5) is 4.19. The van der Waals surface area contributed by atoms with E-state index in [1.807, 2.05) is 18.5 Å². The molecule has 1 atom stereocenters. The van der Waals surface area contributed by atoms with Crippen molar-refractivity contribution >= 4 is 0 Å². The average Bonchev–Trinajstić information content (AvgIpc) is 2.54. The lowest BCUT2D eigenvalue weighted by Gasteiger charge is -2.17. The number of rotatable bonds is 9. The molecule has 2 aromatic rings. The number of nitrogens with one attached hydrogen (secondary N) is 1. The van der Waals surface area contributed by atoms with Gasteiger partial charge in [-0.1, -0.05) is 43.3 Å². The molecule has 0 saturated heterocycles. The van der Waals surface area contributed by atoms with Crippen LogP contribution in [-0.4, -0.2) is 17.6 Å². The maximum atomic E-state index is 4.19. The van der Waals surface area contributed by atoms with Gasteiger partial charge in [0.25, 0.3) is 0 Å². The van der Waals surface area contributed by atoms with Gasteiger partial charge in [-0.05, 0) is 55.8 Å². The summed E-state index contributed by atoms with van der Waals surface area (Å²) in [6.45, 7) is 3.23. The van der Waals surface area contributed by atoms with Crippen LogP contribution in [0.25, 0.3) is 0 Å². The van der Waals surface area contributed by atoms with Crippen molar-refractivity contribution in [2.75, 3.05) is 6.54 Å². The topological polar surface area (TPSA) is 24.9 Å². The van der Waals surface area contributed by atoms with E-state index in [0.717, 1.165) is 13.0 Å². The van der Waals surface area contributed by atoms with Crippen LogP contribution in [0.2, 0.25) is 0 Å². The van der Waals surface area contributed by atoms with Crippen LogP contribution in [0.3, 0.4) is 0 Å². The summed E-state index contributed by atoms with van der Waals surface area (Å²) in [6, 6.07) is 15.6. The van der Waals surface area contributed by atoms with E-state index in [-0.39, 0.29) is 0 Å². The molecule has 0 aliphatic rings. The fraction of sp³-hybridized carbons (Fsp3) is 0.421. The van der Waals surface area contributed by atoms with Gasteiger partial charge >= 0.3 is 0 Å². The molecule has 1 N–H and O–H groups in total. The quantitative estimate of drug-likeness (QED) is 0.751. The Bertz CT molecular complexity index is 481. The summed E-state index contributed by atoms with van der Waals surface area (Å²) in [5, 5.41) is 3.62. The van der Waals surface area contributed by atoms with E-state index in [9.17, 15) is 0 Å². The number of hydrogen-bond acceptors (Lipinski definition) is 2. The predicted octanol–water partition coefficient (Wildman–Crippen LogP) is 4.02. The van der Waals surface area contributed by atoms with E-state index in [1.54, 1.807) is 0 Å². The number of nitrogens with zero attached hydrogens (tertiary/aromatic N) is 1. The third-order valence-electron chi connectivity index (χ3n) is 3.86. The van der Waals surface area contributed by atoms with Crippen LogP contribution in [0.1, 0.15) is 37.3 Å². The molecule has 0 saturated carbocycles. The van der Waals surface area contributed by atoms with Gasteiger partial charge < -0.3 is 5.32 Å². The molecule has 112 valence electrons. The van der Waals surface area contributed by atoms with Gasteiger partial charge in [0.15, 0.2) is 0 Å². The number of benzene rings is 1. The van der Waals surface area contributed by atoms with Crippen LogP contribution in [0.4, 0.5) is 0 Å². The molecular formula is C19H26N2. The molecular weight excluding hydrogens is 256 g/mol. The SMILES string of the molecule is CCNC(CCCc1ccccc1)CCc1cccnc1. The largest absolute Gasteiger partial charge is 0.314 e. The second-order valence-corrected chi connectivity index (χ2v) is 5.53. The van der Waals surface area contributed by atoms with Crippen molar-refractivity contribution in [1.29, 1.82) is 0 Å². The van der Waals surface area contributed by atoms with Crippen LogP contribution in [0.15, 0.2) is 54.9 Å². The smallest absolute Gasteiger partial charge is 0.0299 e. The van der Waals surface area contributed by atoms with Crippen LogP contribution in [0.5, 0.6) is 0 Å². The van der Waals surface area contributed by atoms with Crippen molar-refractivity contribution in [2.24, 2.45) is 0 Å². The zero-order chi connectivity index (χ0) is 14.8. The fourth-order valence-corrected chi connectivity index (χ4v) is 2.72. The molecule has 0 fully saturated rings. The minimum atomic E-state index is 0.610. The van der Waals surface area contributed by atoms with Crippen LogP contribution < -0.4 is 5.32 Å². The van der Waals surface area contributed by atoms with E-state index in [2.05, 4.69) is 53.6 Å². The van der Waals surface area contributed by atoms with Crippen molar-refractivity contribution in [1.82, 2.24) is 10.3 Å². The molecule has 21 heavy (non-hydrogen) atoms. The van der Waals surface area contributed by atoms with E-state index in [4.69, 9.17) is 0 Å². The van der Waals surface area contributed by atoms with E-state index in [0.29, 0.717) is 6.04 Å². The Balaban J connectivity index is 1.73. The van der Waals surface area contributed by atoms with Crippen molar-refractivity contribution in [3.63, 3.8) is 0 Å². The highest BCUT2D eigenvalue weighted by Gasteiger charge is 2.07. The number of aromatic nitrogens is 1. The average molecular weight is 282 g/mol. The van der Waals surface area contributed by atoms with E-state index < -0.39 is 0 Å². The standard InChI is InChI=1S/C19H26N2/c1-2-21-19(14-13-18-11-7-15-20-16-18)12-6-10-17-8-4-3-5-9-17/h3-5,7-9,11,15-16,19,21H,2,6,10,12-14H2,1H3. The Kier molecular flexibility index (Phi) is 6.96. The summed E-state index contributed by atoms with van der Waals surface area (Å²) in [5.41, 5.74) is 2.78. The lowest BCUT2D eigenvalue weighted by Crippen LogP contribution is -2.29. The molecule has 2 nitrogen and oxygen atoms in total. The molecule has 1 aromatic carbocycles. The van der Waals surface area contributed by atoms with Crippen molar-refractivity contribution in [3.8, 4) is 0 Å². The first kappa shape index (κ1) is 15.7. The molecule has 0 radical (unpaired) electrons. The molecule has 0 spiro atoms. The summed E-state index contributed by atoms with van der Waals surface area (Å²) >= 11 is 0. The van der Waals surface area contributed by atoms with E-state index >= 15 is 0 Å². The van der Waals surface area contributed by atoms with Crippen LogP contribution in [0, 0.1) is 0 Å². The van der Waals surface area contributed by atoms with Gasteiger partial charge in [-0.25, -0.2) is 0 Å². The highest BCUT2D eigenvalue weighted by Crippen LogP contribution is 2.11. The summed E-state index contributed by atoms with van der Waals surface area (Å²) < 4.78 is 0. The monoisotopic (exact) mass is 282 g/mol. The minimum Gasteiger partial charge on any atom is -0.314 e. The number of hydrogen-bond donors (Lipinski definition) is 1. The molecule has 2 rings (SSSR count). The second kappa shape index (κ2) is 9.30. The van der Waals surface area contributed by atoms with Gasteiger partial charge in [0, 0.05) is 18.4 Å². The molecule has 2 heteroatoms. The number of pyridine rings is 1. The summed E-state index contributed by atoms with van der Waals surface area (Å²) in [7, 11) is 0. The molecule has 1 unspecified atom stereocenters. The fourth-order valence-electron chi connectivity index (χ4n) is 2.72.